The molecule has 3 nitrogen and oxygen atoms in total. The number of hydrogen-bond acceptors (Lipinski definition) is 2. The Kier molecular flexibility index (Phi) is 5.03. The lowest BCUT2D eigenvalue weighted by molar-refractivity contribution is -0.137. The van der Waals surface area contributed by atoms with Crippen LogP contribution in [0.15, 0.2) is 79.5 Å². The average molecular weight is 411 g/mol. The molecule has 0 aliphatic rings. The number of nitrogens with zero attached hydrogens (tertiary/aromatic N) is 2. The number of fused-ring (bicyclic) bond motifs is 1. The summed E-state index contributed by atoms with van der Waals surface area (Å²) in [5.74, 6) is -0.394. The van der Waals surface area contributed by atoms with Crippen LogP contribution in [0.5, 0.6) is 0 Å². The molecule has 0 atom stereocenters. The normalized spacial score (nSPS) is 11.6. The van der Waals surface area contributed by atoms with Crippen molar-refractivity contribution in [2.45, 2.75) is 12.7 Å². The fraction of sp³-hybridized carbons (Fsp3) is 0.0870. The molecule has 30 heavy (non-hydrogen) atoms. The van der Waals surface area contributed by atoms with Gasteiger partial charge in [0.2, 0.25) is 0 Å². The van der Waals surface area contributed by atoms with Crippen LogP contribution in [0.1, 0.15) is 16.7 Å². The molecule has 7 heteroatoms. The summed E-state index contributed by atoms with van der Waals surface area (Å²) in [6.45, 7) is 4.20. The number of benzene rings is 3. The molecule has 0 aliphatic heterocycles. The maximum absolute atomic E-state index is 14.2. The van der Waals surface area contributed by atoms with Gasteiger partial charge in [-0.1, -0.05) is 43.0 Å². The molecule has 0 bridgehead atoms. The molecule has 0 saturated carbocycles. The van der Waals surface area contributed by atoms with Crippen molar-refractivity contribution >= 4 is 16.6 Å². The van der Waals surface area contributed by atoms with Crippen LogP contribution in [-0.2, 0) is 12.7 Å². The Morgan fingerprint density at radius 3 is 2.53 bits per heavy atom. The Labute approximate surface area is 170 Å². The van der Waals surface area contributed by atoms with Gasteiger partial charge >= 0.3 is 6.18 Å². The van der Waals surface area contributed by atoms with Crippen molar-refractivity contribution in [3.63, 3.8) is 0 Å². The molecular formula is C23H17F4N3. The van der Waals surface area contributed by atoms with Gasteiger partial charge in [0.25, 0.3) is 0 Å². The lowest BCUT2D eigenvalue weighted by atomic mass is 10.1. The number of halogens is 4. The Morgan fingerprint density at radius 2 is 1.77 bits per heavy atom. The van der Waals surface area contributed by atoms with E-state index in [0.717, 1.165) is 23.1 Å². The van der Waals surface area contributed by atoms with Gasteiger partial charge in [0.1, 0.15) is 11.5 Å². The van der Waals surface area contributed by atoms with E-state index >= 15 is 0 Å². The minimum atomic E-state index is -4.39. The van der Waals surface area contributed by atoms with Crippen LogP contribution in [0.3, 0.4) is 0 Å². The van der Waals surface area contributed by atoms with Gasteiger partial charge in [-0.05, 0) is 35.9 Å². The Morgan fingerprint density at radius 1 is 1.00 bits per heavy atom. The second-order valence-corrected chi connectivity index (χ2v) is 6.78. The minimum absolute atomic E-state index is 0.181. The Bertz CT molecular complexity index is 1220. The quantitative estimate of drug-likeness (QED) is 0.412. The standard InChI is InChI=1S/C23H17F4N3/c1-15(28-13-16-6-4-7-17(12-16)23(25,26)27)18-8-5-11-21-19(18)14-29-30(21)22-10-3-2-9-20(22)24/h2-12,14,28H,1,13H2. The highest BCUT2D eigenvalue weighted by Crippen LogP contribution is 2.30. The number of alkyl halides is 3. The van der Waals surface area contributed by atoms with E-state index in [1.165, 1.54) is 16.8 Å². The number of aromatic nitrogens is 2. The first-order chi connectivity index (χ1) is 14.3. The van der Waals surface area contributed by atoms with Crippen molar-refractivity contribution < 1.29 is 17.6 Å². The van der Waals surface area contributed by atoms with Gasteiger partial charge in [-0.25, -0.2) is 9.07 Å². The molecule has 0 spiro atoms. The maximum Gasteiger partial charge on any atom is 0.416 e. The van der Waals surface area contributed by atoms with E-state index < -0.39 is 17.6 Å². The van der Waals surface area contributed by atoms with Crippen molar-refractivity contribution in [3.8, 4) is 5.69 Å². The molecule has 4 rings (SSSR count). The van der Waals surface area contributed by atoms with Crippen LogP contribution in [-0.4, -0.2) is 9.78 Å². The van der Waals surface area contributed by atoms with Crippen molar-refractivity contribution in [1.82, 2.24) is 15.1 Å². The summed E-state index contributed by atoms with van der Waals surface area (Å²) in [5, 5.41) is 8.13. The summed E-state index contributed by atoms with van der Waals surface area (Å²) in [4.78, 5) is 0. The largest absolute Gasteiger partial charge is 0.416 e. The van der Waals surface area contributed by atoms with Crippen LogP contribution < -0.4 is 5.32 Å². The average Bonchev–Trinajstić information content (AvgIpc) is 3.16. The molecule has 152 valence electrons. The molecule has 4 aromatic rings. The number of para-hydroxylation sites is 1. The maximum atomic E-state index is 14.2. The highest BCUT2D eigenvalue weighted by molar-refractivity contribution is 5.91. The van der Waals surface area contributed by atoms with Gasteiger partial charge in [0, 0.05) is 23.2 Å². The van der Waals surface area contributed by atoms with Crippen LogP contribution in [0.2, 0.25) is 0 Å². The zero-order valence-corrected chi connectivity index (χ0v) is 15.7. The van der Waals surface area contributed by atoms with E-state index in [4.69, 9.17) is 0 Å². The van der Waals surface area contributed by atoms with E-state index in [0.29, 0.717) is 22.5 Å². The smallest absolute Gasteiger partial charge is 0.381 e. The number of rotatable bonds is 5. The molecule has 0 amide bonds. The van der Waals surface area contributed by atoms with Crippen LogP contribution in [0.25, 0.3) is 22.3 Å². The lowest BCUT2D eigenvalue weighted by Gasteiger charge is -2.13. The fourth-order valence-electron chi connectivity index (χ4n) is 3.29. The number of nitrogens with one attached hydrogen (secondary N) is 1. The van der Waals surface area contributed by atoms with Gasteiger partial charge in [0.15, 0.2) is 0 Å². The third-order valence-electron chi connectivity index (χ3n) is 4.78. The fourth-order valence-corrected chi connectivity index (χ4v) is 3.29. The highest BCUT2D eigenvalue weighted by Gasteiger charge is 2.30. The second-order valence-electron chi connectivity index (χ2n) is 6.78. The van der Waals surface area contributed by atoms with E-state index in [1.807, 2.05) is 12.1 Å². The SMILES string of the molecule is C=C(NCc1cccc(C(F)(F)F)c1)c1cccc2c1cnn2-c1ccccc1F. The first-order valence-corrected chi connectivity index (χ1v) is 9.15. The van der Waals surface area contributed by atoms with Gasteiger partial charge in [-0.3, -0.25) is 0 Å². The molecule has 3 aromatic carbocycles. The molecule has 0 saturated heterocycles. The van der Waals surface area contributed by atoms with E-state index in [2.05, 4.69) is 17.0 Å². The lowest BCUT2D eigenvalue weighted by Crippen LogP contribution is -2.12. The van der Waals surface area contributed by atoms with Crippen LogP contribution >= 0.6 is 0 Å². The van der Waals surface area contributed by atoms with Crippen LogP contribution in [0, 0.1) is 5.82 Å². The topological polar surface area (TPSA) is 29.9 Å². The Balaban J connectivity index is 1.60. The minimum Gasteiger partial charge on any atom is -0.381 e. The first-order valence-electron chi connectivity index (χ1n) is 9.15. The molecular weight excluding hydrogens is 394 g/mol. The van der Waals surface area contributed by atoms with E-state index in [1.54, 1.807) is 36.5 Å². The summed E-state index contributed by atoms with van der Waals surface area (Å²) in [5.41, 5.74) is 2.08. The summed E-state index contributed by atoms with van der Waals surface area (Å²) < 4.78 is 54.4. The van der Waals surface area contributed by atoms with E-state index in [9.17, 15) is 17.6 Å². The van der Waals surface area contributed by atoms with Crippen molar-refractivity contribution in [1.29, 1.82) is 0 Å². The molecule has 0 aliphatic carbocycles. The molecule has 1 N–H and O–H groups in total. The first kappa shape index (κ1) is 19.7. The van der Waals surface area contributed by atoms with Gasteiger partial charge in [-0.2, -0.15) is 18.3 Å². The van der Waals surface area contributed by atoms with Crippen molar-refractivity contribution in [2.24, 2.45) is 0 Å². The van der Waals surface area contributed by atoms with Crippen molar-refractivity contribution in [2.75, 3.05) is 0 Å². The summed E-state index contributed by atoms with van der Waals surface area (Å²) in [6, 6.07) is 16.9. The monoisotopic (exact) mass is 411 g/mol. The Hall–Kier alpha value is -3.61. The zero-order valence-electron chi connectivity index (χ0n) is 15.7. The van der Waals surface area contributed by atoms with Gasteiger partial charge in [-0.15, -0.1) is 0 Å². The van der Waals surface area contributed by atoms with Gasteiger partial charge < -0.3 is 5.32 Å². The van der Waals surface area contributed by atoms with Crippen LogP contribution in [0.4, 0.5) is 17.6 Å². The predicted molar refractivity (Wildman–Crippen MR) is 108 cm³/mol. The second kappa shape index (κ2) is 7.67. The molecule has 0 fully saturated rings. The predicted octanol–water partition coefficient (Wildman–Crippen LogP) is 5.94. The molecule has 0 unspecified atom stereocenters. The molecule has 0 radical (unpaired) electrons. The molecule has 1 heterocycles. The third kappa shape index (κ3) is 3.78. The summed E-state index contributed by atoms with van der Waals surface area (Å²) >= 11 is 0. The summed E-state index contributed by atoms with van der Waals surface area (Å²) in [6.07, 6.45) is -2.77. The summed E-state index contributed by atoms with van der Waals surface area (Å²) in [7, 11) is 0. The number of hydrogen-bond donors (Lipinski definition) is 1. The highest BCUT2D eigenvalue weighted by atomic mass is 19.4. The van der Waals surface area contributed by atoms with E-state index in [-0.39, 0.29) is 6.54 Å². The zero-order chi connectivity index (χ0) is 21.3. The molecule has 1 aromatic heterocycles. The third-order valence-corrected chi connectivity index (χ3v) is 4.78. The van der Waals surface area contributed by atoms with Gasteiger partial charge in [0.05, 0.1) is 17.3 Å². The van der Waals surface area contributed by atoms with Crippen molar-refractivity contribution in [3.05, 3.63) is 102 Å².